The second-order valence-electron chi connectivity index (χ2n) is 7.79. The van der Waals surface area contributed by atoms with Crippen LogP contribution in [-0.4, -0.2) is 53.0 Å². The van der Waals surface area contributed by atoms with E-state index in [1.165, 1.54) is 0 Å². The summed E-state index contributed by atoms with van der Waals surface area (Å²) in [4.78, 5) is 13.4. The van der Waals surface area contributed by atoms with Crippen LogP contribution in [0.25, 0.3) is 22.1 Å². The molecule has 2 aromatic heterocycles. The number of para-hydroxylation sites is 1. The Labute approximate surface area is 212 Å². The molecule has 0 radical (unpaired) electrons. The zero-order chi connectivity index (χ0) is 21.5. The van der Waals surface area contributed by atoms with Gasteiger partial charge in [-0.2, -0.15) is 0 Å². The fraction of sp³-hybridized carbons (Fsp3) is 0.261. The quantitative estimate of drug-likeness (QED) is 0.289. The van der Waals surface area contributed by atoms with Gasteiger partial charge in [-0.3, -0.25) is 0 Å². The molecule has 0 bridgehead atoms. The number of hydrogen-bond donors (Lipinski definition) is 1. The van der Waals surface area contributed by atoms with Crippen LogP contribution < -0.4 is 19.7 Å². The van der Waals surface area contributed by atoms with Gasteiger partial charge in [-0.15, -0.1) is 24.0 Å². The number of anilines is 1. The standard InChI is InChI=1S/C23H21N5O3S.HI/c32-23(24-12-15-5-6-18-19(11-15)30-14-29-18)28-9-7-27(8-10-28)22-21-20(25-13-26-22)16-3-1-2-4-17(16)31-21;/h1-6,11,13H,7-10,12,14H2,(H,24,32);1H. The second kappa shape index (κ2) is 9.18. The predicted molar refractivity (Wildman–Crippen MR) is 141 cm³/mol. The van der Waals surface area contributed by atoms with Gasteiger partial charge in [0.2, 0.25) is 6.79 Å². The summed E-state index contributed by atoms with van der Waals surface area (Å²) in [6, 6.07) is 13.9. The van der Waals surface area contributed by atoms with Gasteiger partial charge in [0, 0.05) is 38.1 Å². The lowest BCUT2D eigenvalue weighted by atomic mass is 10.2. The van der Waals surface area contributed by atoms with Gasteiger partial charge in [-0.25, -0.2) is 9.97 Å². The summed E-state index contributed by atoms with van der Waals surface area (Å²) in [6.07, 6.45) is 1.61. The first kappa shape index (κ1) is 22.0. The minimum atomic E-state index is 0. The van der Waals surface area contributed by atoms with Gasteiger partial charge in [0.25, 0.3) is 0 Å². The van der Waals surface area contributed by atoms with E-state index in [1.54, 1.807) is 6.33 Å². The van der Waals surface area contributed by atoms with E-state index >= 15 is 0 Å². The van der Waals surface area contributed by atoms with Crippen molar-refractivity contribution < 1.29 is 13.9 Å². The highest BCUT2D eigenvalue weighted by Crippen LogP contribution is 2.33. The van der Waals surface area contributed by atoms with E-state index in [4.69, 9.17) is 26.1 Å². The molecule has 2 aliphatic heterocycles. The second-order valence-corrected chi connectivity index (χ2v) is 8.18. The van der Waals surface area contributed by atoms with Crippen LogP contribution in [0.15, 0.2) is 53.2 Å². The molecule has 1 N–H and O–H groups in total. The molecule has 10 heteroatoms. The number of benzene rings is 2. The minimum absolute atomic E-state index is 0. The molecule has 170 valence electrons. The third-order valence-electron chi connectivity index (χ3n) is 5.89. The van der Waals surface area contributed by atoms with Crippen molar-refractivity contribution in [2.45, 2.75) is 6.54 Å². The molecular weight excluding hydrogens is 553 g/mol. The molecule has 0 saturated carbocycles. The van der Waals surface area contributed by atoms with Crippen LogP contribution in [0.2, 0.25) is 0 Å². The van der Waals surface area contributed by atoms with E-state index < -0.39 is 0 Å². The smallest absolute Gasteiger partial charge is 0.231 e. The highest BCUT2D eigenvalue weighted by atomic mass is 127. The Morgan fingerprint density at radius 1 is 1.00 bits per heavy atom. The Hall–Kier alpha value is -2.86. The zero-order valence-electron chi connectivity index (χ0n) is 17.7. The zero-order valence-corrected chi connectivity index (χ0v) is 20.8. The SMILES string of the molecule is I.S=C(NCc1ccc2c(c1)OCO2)N1CCN(c2ncnc3c2oc2ccccc23)CC1. The van der Waals surface area contributed by atoms with Crippen molar-refractivity contribution in [3.63, 3.8) is 0 Å². The summed E-state index contributed by atoms with van der Waals surface area (Å²) < 4.78 is 16.9. The van der Waals surface area contributed by atoms with E-state index in [-0.39, 0.29) is 30.8 Å². The molecule has 4 heterocycles. The van der Waals surface area contributed by atoms with Gasteiger partial charge in [0.05, 0.1) is 0 Å². The van der Waals surface area contributed by atoms with E-state index in [0.29, 0.717) is 6.54 Å². The fourth-order valence-electron chi connectivity index (χ4n) is 4.20. The van der Waals surface area contributed by atoms with Crippen molar-refractivity contribution >= 4 is 69.2 Å². The first-order valence-corrected chi connectivity index (χ1v) is 11.0. The van der Waals surface area contributed by atoms with E-state index in [0.717, 1.165) is 76.2 Å². The summed E-state index contributed by atoms with van der Waals surface area (Å²) in [5.74, 6) is 2.41. The summed E-state index contributed by atoms with van der Waals surface area (Å²) in [7, 11) is 0. The number of ether oxygens (including phenoxy) is 2. The lowest BCUT2D eigenvalue weighted by molar-refractivity contribution is 0.174. The van der Waals surface area contributed by atoms with Crippen molar-refractivity contribution in [1.29, 1.82) is 0 Å². The van der Waals surface area contributed by atoms with Crippen molar-refractivity contribution in [3.8, 4) is 11.5 Å². The average Bonchev–Trinajstić information content (AvgIpc) is 3.46. The maximum atomic E-state index is 6.09. The van der Waals surface area contributed by atoms with E-state index in [9.17, 15) is 0 Å². The number of thiocarbonyl (C=S) groups is 1. The van der Waals surface area contributed by atoms with Crippen LogP contribution in [0.1, 0.15) is 5.56 Å². The Morgan fingerprint density at radius 3 is 2.70 bits per heavy atom. The predicted octanol–water partition coefficient (Wildman–Crippen LogP) is 3.92. The van der Waals surface area contributed by atoms with Crippen molar-refractivity contribution in [2.75, 3.05) is 37.9 Å². The van der Waals surface area contributed by atoms with Crippen molar-refractivity contribution in [2.24, 2.45) is 0 Å². The number of furan rings is 1. The first-order valence-electron chi connectivity index (χ1n) is 10.5. The number of hydrogen-bond acceptors (Lipinski definition) is 7. The van der Waals surface area contributed by atoms with E-state index in [2.05, 4.69) is 25.1 Å². The largest absolute Gasteiger partial charge is 0.454 e. The number of fused-ring (bicyclic) bond motifs is 4. The number of rotatable bonds is 3. The molecule has 0 atom stereocenters. The van der Waals surface area contributed by atoms with Crippen molar-refractivity contribution in [1.82, 2.24) is 20.2 Å². The summed E-state index contributed by atoms with van der Waals surface area (Å²) in [5, 5.41) is 5.12. The van der Waals surface area contributed by atoms with Gasteiger partial charge in [-0.1, -0.05) is 18.2 Å². The third kappa shape index (κ3) is 4.12. The molecule has 0 unspecified atom stereocenters. The fourth-order valence-corrected chi connectivity index (χ4v) is 4.45. The number of aromatic nitrogens is 2. The normalized spacial score (nSPS) is 15.0. The van der Waals surface area contributed by atoms with Gasteiger partial charge in [0.15, 0.2) is 28.0 Å². The molecule has 0 aliphatic carbocycles. The molecule has 2 aliphatic rings. The van der Waals surface area contributed by atoms with Crippen molar-refractivity contribution in [3.05, 3.63) is 54.4 Å². The highest BCUT2D eigenvalue weighted by molar-refractivity contribution is 14.0. The average molecular weight is 575 g/mol. The maximum absolute atomic E-state index is 6.09. The highest BCUT2D eigenvalue weighted by Gasteiger charge is 2.24. The molecule has 0 amide bonds. The summed E-state index contributed by atoms with van der Waals surface area (Å²) >= 11 is 5.64. The molecule has 1 saturated heterocycles. The van der Waals surface area contributed by atoms with Crippen LogP contribution >= 0.6 is 36.2 Å². The van der Waals surface area contributed by atoms with Gasteiger partial charge in [-0.05, 0) is 42.0 Å². The molecule has 4 aromatic rings. The molecule has 1 fully saturated rings. The van der Waals surface area contributed by atoms with Crippen LogP contribution in [0, 0.1) is 0 Å². The summed E-state index contributed by atoms with van der Waals surface area (Å²) in [5.41, 5.74) is 3.53. The van der Waals surface area contributed by atoms with Crippen LogP contribution in [-0.2, 0) is 6.54 Å². The lowest BCUT2D eigenvalue weighted by Crippen LogP contribution is -2.51. The Bertz CT molecular complexity index is 1320. The topological polar surface area (TPSA) is 75.9 Å². The van der Waals surface area contributed by atoms with Crippen LogP contribution in [0.5, 0.6) is 11.5 Å². The maximum Gasteiger partial charge on any atom is 0.231 e. The number of nitrogens with zero attached hydrogens (tertiary/aromatic N) is 4. The Morgan fingerprint density at radius 2 is 1.82 bits per heavy atom. The molecule has 33 heavy (non-hydrogen) atoms. The van der Waals surface area contributed by atoms with Gasteiger partial charge in [0.1, 0.15) is 17.4 Å². The van der Waals surface area contributed by atoms with Crippen LogP contribution in [0.4, 0.5) is 5.82 Å². The molecule has 0 spiro atoms. The molecule has 6 rings (SSSR count). The number of piperazine rings is 1. The molecular formula is C23H22IN5O3S. The Kier molecular flexibility index (Phi) is 6.11. The summed E-state index contributed by atoms with van der Waals surface area (Å²) in [6.45, 7) is 4.13. The Balaban J connectivity index is 0.00000228. The van der Waals surface area contributed by atoms with Gasteiger partial charge >= 0.3 is 0 Å². The lowest BCUT2D eigenvalue weighted by Gasteiger charge is -2.36. The van der Waals surface area contributed by atoms with Gasteiger partial charge < -0.3 is 29.0 Å². The molecule has 8 nitrogen and oxygen atoms in total. The van der Waals surface area contributed by atoms with Crippen LogP contribution in [0.3, 0.4) is 0 Å². The molecule has 2 aromatic carbocycles. The monoisotopic (exact) mass is 575 g/mol. The third-order valence-corrected chi connectivity index (χ3v) is 6.29. The first-order chi connectivity index (χ1) is 15.8. The number of halogens is 1. The van der Waals surface area contributed by atoms with E-state index in [1.807, 2.05) is 42.5 Å². The number of nitrogens with one attached hydrogen (secondary N) is 1. The minimum Gasteiger partial charge on any atom is -0.454 e.